The number of para-hydroxylation sites is 1. The van der Waals surface area contributed by atoms with E-state index in [2.05, 4.69) is 20.8 Å². The minimum atomic E-state index is -0.309. The van der Waals surface area contributed by atoms with E-state index in [0.29, 0.717) is 30.5 Å². The first-order valence-electron chi connectivity index (χ1n) is 8.65. The molecule has 0 spiro atoms. The molecule has 2 aromatic carbocycles. The molecule has 0 aliphatic carbocycles. The molecule has 7 heteroatoms. The molecule has 0 bridgehead atoms. The van der Waals surface area contributed by atoms with E-state index in [1.165, 1.54) is 0 Å². The predicted octanol–water partition coefficient (Wildman–Crippen LogP) is 3.63. The lowest BCUT2D eigenvalue weighted by Gasteiger charge is -2.10. The monoisotopic (exact) mass is 362 g/mol. The molecular formula is C20H18N4O3. The van der Waals surface area contributed by atoms with Gasteiger partial charge >= 0.3 is 0 Å². The van der Waals surface area contributed by atoms with Crippen LogP contribution in [0.15, 0.2) is 60.7 Å². The summed E-state index contributed by atoms with van der Waals surface area (Å²) in [6, 6.07) is 18.1. The Hall–Kier alpha value is -3.61. The summed E-state index contributed by atoms with van der Waals surface area (Å²) in [6.45, 7) is 1.28. The smallest absolute Gasteiger partial charge is 0.276 e. The summed E-state index contributed by atoms with van der Waals surface area (Å²) in [5.74, 6) is 1.65. The molecule has 2 N–H and O–H groups in total. The molecule has 1 aliphatic rings. The lowest BCUT2D eigenvalue weighted by Crippen LogP contribution is -2.14. The number of nitrogens with one attached hydrogen (secondary N) is 2. The van der Waals surface area contributed by atoms with Crippen LogP contribution in [0.25, 0.3) is 0 Å². The van der Waals surface area contributed by atoms with Crippen LogP contribution in [0, 0.1) is 0 Å². The Bertz CT molecular complexity index is 930. The molecule has 0 atom stereocenters. The fourth-order valence-corrected chi connectivity index (χ4v) is 2.63. The van der Waals surface area contributed by atoms with Gasteiger partial charge in [-0.05, 0) is 36.4 Å². The highest BCUT2D eigenvalue weighted by atomic mass is 16.5. The van der Waals surface area contributed by atoms with E-state index in [1.807, 2.05) is 48.5 Å². The van der Waals surface area contributed by atoms with Gasteiger partial charge in [-0.2, -0.15) is 0 Å². The van der Waals surface area contributed by atoms with Crippen molar-refractivity contribution >= 4 is 23.1 Å². The number of nitrogens with zero attached hydrogens (tertiary/aromatic N) is 2. The number of carbonyl (C=O) groups is 1. The maximum Gasteiger partial charge on any atom is 0.276 e. The van der Waals surface area contributed by atoms with E-state index in [0.717, 1.165) is 17.9 Å². The molecule has 4 rings (SSSR count). The summed E-state index contributed by atoms with van der Waals surface area (Å²) in [5.41, 5.74) is 1.75. The molecule has 0 fully saturated rings. The molecule has 2 heterocycles. The lowest BCUT2D eigenvalue weighted by molar-refractivity contribution is 0.102. The second-order valence-corrected chi connectivity index (χ2v) is 5.96. The first-order valence-corrected chi connectivity index (χ1v) is 8.65. The van der Waals surface area contributed by atoms with E-state index in [9.17, 15) is 4.79 Å². The van der Waals surface area contributed by atoms with Crippen LogP contribution in [0.1, 0.15) is 16.9 Å². The summed E-state index contributed by atoms with van der Waals surface area (Å²) < 4.78 is 11.3. The Balaban J connectivity index is 1.43. The highest BCUT2D eigenvalue weighted by Gasteiger charge is 2.12. The zero-order valence-corrected chi connectivity index (χ0v) is 14.5. The van der Waals surface area contributed by atoms with Gasteiger partial charge in [-0.1, -0.05) is 18.2 Å². The summed E-state index contributed by atoms with van der Waals surface area (Å²) in [7, 11) is 0. The van der Waals surface area contributed by atoms with Crippen LogP contribution in [-0.4, -0.2) is 29.3 Å². The van der Waals surface area contributed by atoms with Gasteiger partial charge in [0.1, 0.15) is 0 Å². The number of rotatable bonds is 4. The molecule has 0 radical (unpaired) electrons. The highest BCUT2D eigenvalue weighted by molar-refractivity contribution is 6.02. The van der Waals surface area contributed by atoms with Crippen LogP contribution in [-0.2, 0) is 0 Å². The normalized spacial score (nSPS) is 12.7. The van der Waals surface area contributed by atoms with Crippen molar-refractivity contribution in [2.45, 2.75) is 6.42 Å². The lowest BCUT2D eigenvalue weighted by atomic mass is 10.2. The van der Waals surface area contributed by atoms with Gasteiger partial charge in [-0.25, -0.2) is 0 Å². The summed E-state index contributed by atoms with van der Waals surface area (Å²) in [4.78, 5) is 12.2. The van der Waals surface area contributed by atoms with Gasteiger partial charge in [0.2, 0.25) is 0 Å². The second kappa shape index (κ2) is 7.74. The van der Waals surface area contributed by atoms with Crippen molar-refractivity contribution in [2.24, 2.45) is 0 Å². The number of anilines is 3. The number of aromatic nitrogens is 2. The third-order valence-corrected chi connectivity index (χ3v) is 3.95. The van der Waals surface area contributed by atoms with Gasteiger partial charge in [0, 0.05) is 23.9 Å². The van der Waals surface area contributed by atoms with Crippen molar-refractivity contribution in [3.63, 3.8) is 0 Å². The summed E-state index contributed by atoms with van der Waals surface area (Å²) in [6.07, 6.45) is 0.857. The number of hydrogen-bond donors (Lipinski definition) is 2. The van der Waals surface area contributed by atoms with Crippen molar-refractivity contribution in [1.82, 2.24) is 10.2 Å². The first kappa shape index (κ1) is 16.8. The highest BCUT2D eigenvalue weighted by Crippen LogP contribution is 2.33. The average Bonchev–Trinajstić information content (AvgIpc) is 2.94. The second-order valence-electron chi connectivity index (χ2n) is 5.96. The van der Waals surface area contributed by atoms with Gasteiger partial charge < -0.3 is 20.1 Å². The number of benzene rings is 2. The van der Waals surface area contributed by atoms with Crippen molar-refractivity contribution < 1.29 is 14.3 Å². The number of hydrogen-bond acceptors (Lipinski definition) is 6. The van der Waals surface area contributed by atoms with Gasteiger partial charge in [-0.15, -0.1) is 10.2 Å². The minimum Gasteiger partial charge on any atom is -0.490 e. The van der Waals surface area contributed by atoms with Crippen molar-refractivity contribution in [3.05, 3.63) is 66.4 Å². The SMILES string of the molecule is O=C(Nc1ccccc1)c1ccc(Nc2ccc3c(c2)OCCCO3)nn1. The Morgan fingerprint density at radius 1 is 0.852 bits per heavy atom. The van der Waals surface area contributed by atoms with Gasteiger partial charge in [0.15, 0.2) is 23.0 Å². The molecule has 1 aromatic heterocycles. The molecule has 0 saturated carbocycles. The van der Waals surface area contributed by atoms with E-state index < -0.39 is 0 Å². The van der Waals surface area contributed by atoms with Crippen LogP contribution in [0.3, 0.4) is 0 Å². The third-order valence-electron chi connectivity index (χ3n) is 3.95. The number of fused-ring (bicyclic) bond motifs is 1. The van der Waals surface area contributed by atoms with Gasteiger partial charge in [0.05, 0.1) is 13.2 Å². The molecule has 136 valence electrons. The molecule has 7 nitrogen and oxygen atoms in total. The molecule has 3 aromatic rings. The number of amides is 1. The number of ether oxygens (including phenoxy) is 2. The fraction of sp³-hybridized carbons (Fsp3) is 0.150. The average molecular weight is 362 g/mol. The molecule has 1 amide bonds. The molecule has 0 unspecified atom stereocenters. The van der Waals surface area contributed by atoms with Crippen LogP contribution in [0.2, 0.25) is 0 Å². The quantitative estimate of drug-likeness (QED) is 0.737. The summed E-state index contributed by atoms with van der Waals surface area (Å²) >= 11 is 0. The van der Waals surface area contributed by atoms with E-state index in [1.54, 1.807) is 12.1 Å². The summed E-state index contributed by atoms with van der Waals surface area (Å²) in [5, 5.41) is 14.0. The zero-order chi connectivity index (χ0) is 18.5. The molecular weight excluding hydrogens is 344 g/mol. The van der Waals surface area contributed by atoms with Crippen LogP contribution < -0.4 is 20.1 Å². The van der Waals surface area contributed by atoms with Crippen molar-refractivity contribution in [1.29, 1.82) is 0 Å². The Kier molecular flexibility index (Phi) is 4.82. The molecule has 0 saturated heterocycles. The zero-order valence-electron chi connectivity index (χ0n) is 14.5. The van der Waals surface area contributed by atoms with Crippen LogP contribution in [0.4, 0.5) is 17.2 Å². The standard InChI is InChI=1S/C20H18N4O3/c25-20(22-14-5-2-1-3-6-14)16-8-10-19(24-23-16)21-15-7-9-17-18(13-15)27-12-4-11-26-17/h1-3,5-10,13H,4,11-12H2,(H,21,24)(H,22,25). The first-order chi connectivity index (χ1) is 13.3. The van der Waals surface area contributed by atoms with E-state index >= 15 is 0 Å². The largest absolute Gasteiger partial charge is 0.490 e. The predicted molar refractivity (Wildman–Crippen MR) is 102 cm³/mol. The van der Waals surface area contributed by atoms with Gasteiger partial charge in [0.25, 0.3) is 5.91 Å². The van der Waals surface area contributed by atoms with E-state index in [4.69, 9.17) is 9.47 Å². The van der Waals surface area contributed by atoms with E-state index in [-0.39, 0.29) is 11.6 Å². The minimum absolute atomic E-state index is 0.239. The molecule has 27 heavy (non-hydrogen) atoms. The van der Waals surface area contributed by atoms with Gasteiger partial charge in [-0.3, -0.25) is 4.79 Å². The maximum atomic E-state index is 12.2. The Morgan fingerprint density at radius 3 is 2.44 bits per heavy atom. The van der Waals surface area contributed by atoms with Crippen LogP contribution >= 0.6 is 0 Å². The van der Waals surface area contributed by atoms with Crippen molar-refractivity contribution in [3.8, 4) is 11.5 Å². The Morgan fingerprint density at radius 2 is 1.67 bits per heavy atom. The topological polar surface area (TPSA) is 85.4 Å². The van der Waals surface area contributed by atoms with Crippen LogP contribution in [0.5, 0.6) is 11.5 Å². The fourth-order valence-electron chi connectivity index (χ4n) is 2.63. The third kappa shape index (κ3) is 4.14. The maximum absolute atomic E-state index is 12.2. The number of carbonyl (C=O) groups excluding carboxylic acids is 1. The Labute approximate surface area is 156 Å². The van der Waals surface area contributed by atoms with Crippen molar-refractivity contribution in [2.75, 3.05) is 23.8 Å². The molecule has 1 aliphatic heterocycles.